The van der Waals surface area contributed by atoms with Crippen molar-refractivity contribution < 1.29 is 52.5 Å². The van der Waals surface area contributed by atoms with E-state index in [9.17, 15) is 9.90 Å². The predicted molar refractivity (Wildman–Crippen MR) is 383 cm³/mol. The first-order valence-electron chi connectivity index (χ1n) is 36.6. The van der Waals surface area contributed by atoms with Crippen molar-refractivity contribution in [2.75, 3.05) is 61.8 Å². The van der Waals surface area contributed by atoms with E-state index in [0.717, 1.165) is 108 Å². The Hall–Kier alpha value is -2.03. The largest absolute Gasteiger partial charge is 0.507 e. The number of nitrogens with zero attached hydrogens (tertiary/aromatic N) is 2. The Labute approximate surface area is 570 Å². The Balaban J connectivity index is 0.000000340. The van der Waals surface area contributed by atoms with Crippen LogP contribution in [0.2, 0.25) is 0 Å². The number of carbonyl (C=O) groups excluding carboxylic acids is 1. The molecule has 0 saturated carbocycles. The van der Waals surface area contributed by atoms with Crippen LogP contribution in [0.25, 0.3) is 0 Å². The number of hydrogen-bond acceptors (Lipinski definition) is 16. The van der Waals surface area contributed by atoms with Gasteiger partial charge in [-0.15, -0.1) is 0 Å². The van der Waals surface area contributed by atoms with E-state index in [1.165, 1.54) is 44.1 Å². The number of methoxy groups -OCH3 is 1. The molecule has 0 amide bonds. The lowest BCUT2D eigenvalue weighted by molar-refractivity contribution is -0.209. The molecule has 1 aromatic rings. The highest BCUT2D eigenvalue weighted by atomic mass is 16.8. The number of benzene rings is 1. The van der Waals surface area contributed by atoms with Crippen LogP contribution in [0, 0.1) is 0 Å². The van der Waals surface area contributed by atoms with Crippen LogP contribution in [-0.4, -0.2) is 171 Å². The number of phenolic OH excluding ortho intramolecular Hbond substituents is 1. The van der Waals surface area contributed by atoms with Gasteiger partial charge >= 0.3 is 5.97 Å². The number of aromatic hydroxyl groups is 1. The van der Waals surface area contributed by atoms with E-state index in [4.69, 9.17) is 42.6 Å². The number of esters is 1. The molecule has 5 aliphatic rings. The molecule has 4 unspecified atom stereocenters. The van der Waals surface area contributed by atoms with Crippen molar-refractivity contribution in [2.45, 2.75) is 393 Å². The number of nitrogens with one attached hydrogen (secondary N) is 3. The summed E-state index contributed by atoms with van der Waals surface area (Å²) >= 11 is 0. The molecule has 4 atom stereocenters. The Bertz CT molecular complexity index is 2090. The van der Waals surface area contributed by atoms with Crippen LogP contribution in [-0.2, 0) is 64.7 Å². The molecule has 16 heteroatoms. The highest BCUT2D eigenvalue weighted by molar-refractivity contribution is 5.69. The molecule has 5 fully saturated rings. The van der Waals surface area contributed by atoms with E-state index in [1.54, 1.807) is 7.11 Å². The molecule has 0 radical (unpaired) electrons. The van der Waals surface area contributed by atoms with Crippen molar-refractivity contribution in [2.24, 2.45) is 0 Å². The zero-order valence-electron chi connectivity index (χ0n) is 64.9. The number of phenols is 1. The second-order valence-corrected chi connectivity index (χ2v) is 34.7. The van der Waals surface area contributed by atoms with E-state index >= 15 is 0 Å². The monoisotopic (exact) mass is 1320 g/mol. The number of rotatable bonds is 28. The number of hydrogen-bond donors (Lipinski definition) is 4. The fraction of sp³-hybridized carbons (Fsp3) is 0.909. The Morgan fingerprint density at radius 2 is 0.882 bits per heavy atom. The minimum absolute atomic E-state index is 0.00698. The van der Waals surface area contributed by atoms with E-state index < -0.39 is 0 Å². The van der Waals surface area contributed by atoms with Gasteiger partial charge in [0.05, 0.1) is 24.4 Å². The van der Waals surface area contributed by atoms with Crippen molar-refractivity contribution in [3.63, 3.8) is 0 Å². The van der Waals surface area contributed by atoms with E-state index in [0.29, 0.717) is 62.1 Å². The normalized spacial score (nSPS) is 25.8. The number of ether oxygens (including phenoxy) is 9. The molecule has 0 bridgehead atoms. The number of likely N-dealkylation sites (tertiary alicyclic amines) is 2. The summed E-state index contributed by atoms with van der Waals surface area (Å²) in [5.74, 6) is 0.457. The maximum absolute atomic E-state index is 12.2. The first-order valence-corrected chi connectivity index (χ1v) is 36.6. The topological polar surface area (TPSA) is 163 Å². The average molecular weight is 1320 g/mol. The molecule has 1 aromatic carbocycles. The highest BCUT2D eigenvalue weighted by Crippen LogP contribution is 2.42. The van der Waals surface area contributed by atoms with Crippen molar-refractivity contribution >= 4 is 5.97 Å². The molecule has 93 heavy (non-hydrogen) atoms. The van der Waals surface area contributed by atoms with Crippen LogP contribution in [0.1, 0.15) is 304 Å². The number of piperidine rings is 5. The van der Waals surface area contributed by atoms with Gasteiger partial charge < -0.3 is 63.7 Å². The Morgan fingerprint density at radius 1 is 0.505 bits per heavy atom. The Kier molecular flexibility index (Phi) is 35.8. The van der Waals surface area contributed by atoms with Crippen molar-refractivity contribution in [3.05, 3.63) is 28.8 Å². The molecular formula is C77H147N5O11. The van der Waals surface area contributed by atoms with Crippen LogP contribution in [0.15, 0.2) is 12.1 Å². The van der Waals surface area contributed by atoms with Crippen LogP contribution < -0.4 is 16.0 Å². The summed E-state index contributed by atoms with van der Waals surface area (Å²) in [4.78, 5) is 17.1. The van der Waals surface area contributed by atoms with Gasteiger partial charge in [-0.05, 0) is 229 Å². The molecule has 0 aliphatic carbocycles. The van der Waals surface area contributed by atoms with Gasteiger partial charge in [-0.1, -0.05) is 99.1 Å². The molecule has 0 spiro atoms. The lowest BCUT2D eigenvalue weighted by Crippen LogP contribution is -2.60. The van der Waals surface area contributed by atoms with Gasteiger partial charge in [0.25, 0.3) is 0 Å². The first kappa shape index (κ1) is 85.2. The van der Waals surface area contributed by atoms with Gasteiger partial charge in [-0.3, -0.25) is 14.6 Å². The summed E-state index contributed by atoms with van der Waals surface area (Å²) in [5, 5.41) is 21.3. The predicted octanol–water partition coefficient (Wildman–Crippen LogP) is 16.2. The summed E-state index contributed by atoms with van der Waals surface area (Å²) in [6.45, 7) is 53.3. The summed E-state index contributed by atoms with van der Waals surface area (Å²) in [6, 6.07) is 6.59. The zero-order valence-corrected chi connectivity index (χ0v) is 64.9. The third-order valence-electron chi connectivity index (χ3n) is 20.1. The molecule has 5 saturated heterocycles. The highest BCUT2D eigenvalue weighted by Gasteiger charge is 2.45. The van der Waals surface area contributed by atoms with E-state index in [1.807, 2.05) is 0 Å². The van der Waals surface area contributed by atoms with E-state index in [2.05, 4.69) is 211 Å². The minimum atomic E-state index is -0.0329. The number of carbonyl (C=O) groups is 1. The minimum Gasteiger partial charge on any atom is -0.507 e. The van der Waals surface area contributed by atoms with E-state index in [-0.39, 0.29) is 88.7 Å². The van der Waals surface area contributed by atoms with Crippen LogP contribution in [0.5, 0.6) is 5.75 Å². The smallest absolute Gasteiger partial charge is 0.306 e. The van der Waals surface area contributed by atoms with Crippen molar-refractivity contribution in [3.8, 4) is 5.75 Å². The maximum atomic E-state index is 12.2. The fourth-order valence-corrected chi connectivity index (χ4v) is 15.2. The van der Waals surface area contributed by atoms with Crippen LogP contribution >= 0.6 is 0 Å². The lowest BCUT2D eigenvalue weighted by Gasteiger charge is -2.53. The number of unbranched alkanes of at least 4 members (excludes halogenated alkanes) is 7. The zero-order chi connectivity index (χ0) is 70.2. The Morgan fingerprint density at radius 3 is 1.28 bits per heavy atom. The van der Waals surface area contributed by atoms with Gasteiger partial charge in [0.15, 0.2) is 6.79 Å². The van der Waals surface area contributed by atoms with Crippen LogP contribution in [0.3, 0.4) is 0 Å². The molecular weight excluding hydrogens is 1170 g/mol. The molecule has 5 heterocycles. The number of aryl methyl sites for hydroxylation is 1. The molecule has 4 N–H and O–H groups in total. The SMILES string of the molecule is CC1CC(OCOCCCCCCCCC(=O)OC2CC(C)(C)NC(C)(C)C2)CC(C)N1.CCCCCc1cc(C(C)(C)C)c(O)c(C(C)(C)C)c1.CN1C(C)(C)CC(OCOCOCOC2CC(C)(C)N(C)C(C)(C)C2)CC1(C)C.COCOC1CC(C)NC(C)C1. The third-order valence-corrected chi connectivity index (χ3v) is 20.1. The maximum Gasteiger partial charge on any atom is 0.306 e. The molecule has 16 nitrogen and oxygen atoms in total. The standard InChI is InChI=1S/C26H50N2O4.C23H46N2O4.C19H32O.C9H19NO2/c1-20-15-22(16-21(2)27-20)31-19-30-14-12-10-8-7-9-11-13-24(29)32-23-17-25(3,4)28-26(5,6)18-23;1-20(2)11-18(12-21(3,4)24(20)9)28-16-26-15-27-17-29-19-13-22(5,6)25(10)23(7,8)14-19;1-8-9-10-11-14-12-15(18(2,3)4)17(20)16(13-14)19(5,6)7;1-7-4-9(12-6-11-3)5-8(2)10-7/h20-23,27-28H,7-19H2,1-6H3;18-19H,11-17H2,1-10H3;12-13,20H,8-11H2,1-7H3;7-10H,4-6H2,1-3H3. The summed E-state index contributed by atoms with van der Waals surface area (Å²) < 4.78 is 50.8. The van der Waals surface area contributed by atoms with Gasteiger partial charge in [0.2, 0.25) is 0 Å². The van der Waals surface area contributed by atoms with Crippen LogP contribution in [0.4, 0.5) is 0 Å². The third kappa shape index (κ3) is 32.2. The van der Waals surface area contributed by atoms with Gasteiger partial charge in [0.1, 0.15) is 39.0 Å². The average Bonchev–Trinajstić information content (AvgIpc) is 0.822. The van der Waals surface area contributed by atoms with Crippen molar-refractivity contribution in [1.29, 1.82) is 0 Å². The lowest BCUT2D eigenvalue weighted by atomic mass is 9.78. The molecule has 5 aliphatic heterocycles. The van der Waals surface area contributed by atoms with Crippen molar-refractivity contribution in [1.82, 2.24) is 25.8 Å². The molecule has 0 aromatic heterocycles. The van der Waals surface area contributed by atoms with Gasteiger partial charge in [0, 0.05) is 90.4 Å². The first-order chi connectivity index (χ1) is 43.0. The van der Waals surface area contributed by atoms with Gasteiger partial charge in [-0.2, -0.15) is 0 Å². The second kappa shape index (κ2) is 39.1. The fourth-order valence-electron chi connectivity index (χ4n) is 15.2. The molecule has 546 valence electrons. The summed E-state index contributed by atoms with van der Waals surface area (Å²) in [7, 11) is 6.06. The second-order valence-electron chi connectivity index (χ2n) is 34.7. The molecule has 6 rings (SSSR count). The summed E-state index contributed by atoms with van der Waals surface area (Å²) in [6.07, 6.45) is 23.2. The van der Waals surface area contributed by atoms with Gasteiger partial charge in [-0.25, -0.2) is 0 Å². The summed E-state index contributed by atoms with van der Waals surface area (Å²) in [5.41, 5.74) is 3.96. The quantitative estimate of drug-likeness (QED) is 0.0356.